The lowest BCUT2D eigenvalue weighted by Gasteiger charge is -2.30. The number of hydrogen-bond donors (Lipinski definition) is 2. The molecule has 32 heavy (non-hydrogen) atoms. The molecule has 7 nitrogen and oxygen atoms in total. The van der Waals surface area contributed by atoms with Gasteiger partial charge in [0, 0.05) is 11.9 Å². The van der Waals surface area contributed by atoms with Crippen LogP contribution in [-0.2, 0) is 11.3 Å². The van der Waals surface area contributed by atoms with Gasteiger partial charge >= 0.3 is 0 Å². The fraction of sp³-hybridized carbons (Fsp3) is 0.333. The zero-order valence-electron chi connectivity index (χ0n) is 18.4. The van der Waals surface area contributed by atoms with E-state index in [1.807, 2.05) is 45.0 Å². The normalized spacial score (nSPS) is 12.2. The molecule has 0 aliphatic carbocycles. The molecule has 0 aliphatic heterocycles. The summed E-state index contributed by atoms with van der Waals surface area (Å²) < 4.78 is 14.9. The second kappa shape index (κ2) is 9.60. The van der Waals surface area contributed by atoms with Crippen LogP contribution in [-0.4, -0.2) is 34.2 Å². The molecule has 0 bridgehead atoms. The molecular weight excluding hydrogens is 409 g/mol. The third-order valence-electron chi connectivity index (χ3n) is 5.06. The number of rotatable bonds is 7. The van der Waals surface area contributed by atoms with E-state index in [2.05, 4.69) is 15.7 Å². The Morgan fingerprint density at radius 1 is 1.16 bits per heavy atom. The molecule has 2 N–H and O–H groups in total. The lowest BCUT2D eigenvalue weighted by molar-refractivity contribution is -0.125. The van der Waals surface area contributed by atoms with Gasteiger partial charge in [-0.2, -0.15) is 10.4 Å². The van der Waals surface area contributed by atoms with Crippen molar-refractivity contribution in [1.82, 2.24) is 20.4 Å². The molecule has 1 heterocycles. The van der Waals surface area contributed by atoms with Crippen LogP contribution >= 0.6 is 0 Å². The molecule has 3 aromatic rings. The van der Waals surface area contributed by atoms with E-state index in [1.165, 1.54) is 12.1 Å². The minimum atomic E-state index is -0.810. The summed E-state index contributed by atoms with van der Waals surface area (Å²) in [6, 6.07) is 14.6. The standard InChI is InChI=1S/C24H26FN5O2/c1-24(2,3)21(23(32)27-14-6-13-26)28-22(31)20-18-7-4-5-8-19(18)30(29-20)15-16-9-11-17(25)12-10-16/h4-5,7-12,21H,6,14-15H2,1-3H3,(H,27,32)(H,28,31)/t21-/m1/s1. The molecular formula is C24H26FN5O2. The van der Waals surface area contributed by atoms with E-state index in [0.29, 0.717) is 11.9 Å². The van der Waals surface area contributed by atoms with Crippen LogP contribution in [0.2, 0.25) is 0 Å². The number of nitrogens with zero attached hydrogens (tertiary/aromatic N) is 3. The SMILES string of the molecule is CC(C)(C)[C@H](NC(=O)c1nn(Cc2ccc(F)cc2)c2ccccc12)C(=O)NCCC#N. The molecule has 166 valence electrons. The van der Waals surface area contributed by atoms with E-state index in [1.54, 1.807) is 22.9 Å². The highest BCUT2D eigenvalue weighted by Gasteiger charge is 2.33. The second-order valence-electron chi connectivity index (χ2n) is 8.62. The van der Waals surface area contributed by atoms with Gasteiger partial charge in [0.15, 0.2) is 5.69 Å². The zero-order valence-corrected chi connectivity index (χ0v) is 18.4. The van der Waals surface area contributed by atoms with Gasteiger partial charge in [-0.1, -0.05) is 51.1 Å². The summed E-state index contributed by atoms with van der Waals surface area (Å²) >= 11 is 0. The van der Waals surface area contributed by atoms with Crippen LogP contribution in [0.15, 0.2) is 48.5 Å². The third-order valence-corrected chi connectivity index (χ3v) is 5.06. The number of carbonyl (C=O) groups excluding carboxylic acids is 2. The predicted octanol–water partition coefficient (Wildman–Crippen LogP) is 3.40. The quantitative estimate of drug-likeness (QED) is 0.556. The summed E-state index contributed by atoms with van der Waals surface area (Å²) in [4.78, 5) is 25.9. The first kappa shape index (κ1) is 22.9. The lowest BCUT2D eigenvalue weighted by Crippen LogP contribution is -2.53. The van der Waals surface area contributed by atoms with Gasteiger partial charge < -0.3 is 10.6 Å². The van der Waals surface area contributed by atoms with Gasteiger partial charge in [0.2, 0.25) is 5.91 Å². The summed E-state index contributed by atoms with van der Waals surface area (Å²) in [5, 5.41) is 19.4. The van der Waals surface area contributed by atoms with Crippen molar-refractivity contribution < 1.29 is 14.0 Å². The molecule has 1 aromatic heterocycles. The molecule has 8 heteroatoms. The molecule has 0 saturated heterocycles. The largest absolute Gasteiger partial charge is 0.353 e. The monoisotopic (exact) mass is 435 g/mol. The van der Waals surface area contributed by atoms with Crippen LogP contribution in [0.5, 0.6) is 0 Å². The van der Waals surface area contributed by atoms with Crippen LogP contribution in [0.4, 0.5) is 4.39 Å². The van der Waals surface area contributed by atoms with Crippen molar-refractivity contribution in [2.24, 2.45) is 5.41 Å². The van der Waals surface area contributed by atoms with Crippen molar-refractivity contribution in [2.75, 3.05) is 6.54 Å². The summed E-state index contributed by atoms with van der Waals surface area (Å²) in [5.74, 6) is -1.13. The zero-order chi connectivity index (χ0) is 23.3. The van der Waals surface area contributed by atoms with Crippen LogP contribution in [0.25, 0.3) is 10.9 Å². The maximum Gasteiger partial charge on any atom is 0.273 e. The van der Waals surface area contributed by atoms with E-state index < -0.39 is 17.4 Å². The molecule has 0 fully saturated rings. The molecule has 0 aliphatic rings. The van der Waals surface area contributed by atoms with Crippen LogP contribution in [0.3, 0.4) is 0 Å². The van der Waals surface area contributed by atoms with Crippen LogP contribution < -0.4 is 10.6 Å². The smallest absolute Gasteiger partial charge is 0.273 e. The molecule has 2 amide bonds. The van der Waals surface area contributed by atoms with Crippen molar-refractivity contribution in [3.05, 3.63) is 65.6 Å². The van der Waals surface area contributed by atoms with Gasteiger partial charge in [-0.3, -0.25) is 14.3 Å². The van der Waals surface area contributed by atoms with E-state index in [9.17, 15) is 14.0 Å². The Bertz CT molecular complexity index is 1160. The Kier molecular flexibility index (Phi) is 6.89. The Morgan fingerprint density at radius 2 is 1.84 bits per heavy atom. The third kappa shape index (κ3) is 5.30. The Labute approximate surface area is 186 Å². The number of para-hydroxylation sites is 1. The second-order valence-corrected chi connectivity index (χ2v) is 8.62. The lowest BCUT2D eigenvalue weighted by atomic mass is 9.86. The van der Waals surface area contributed by atoms with Crippen molar-refractivity contribution in [3.8, 4) is 6.07 Å². The average Bonchev–Trinajstić information content (AvgIpc) is 3.11. The highest BCUT2D eigenvalue weighted by molar-refractivity contribution is 6.06. The van der Waals surface area contributed by atoms with Crippen molar-refractivity contribution in [2.45, 2.75) is 39.8 Å². The van der Waals surface area contributed by atoms with Crippen molar-refractivity contribution in [3.63, 3.8) is 0 Å². The van der Waals surface area contributed by atoms with E-state index >= 15 is 0 Å². The minimum Gasteiger partial charge on any atom is -0.353 e. The van der Waals surface area contributed by atoms with Gasteiger partial charge in [-0.25, -0.2) is 4.39 Å². The number of amides is 2. The minimum absolute atomic E-state index is 0.189. The highest BCUT2D eigenvalue weighted by Crippen LogP contribution is 2.23. The van der Waals surface area contributed by atoms with E-state index in [-0.39, 0.29) is 30.4 Å². The Morgan fingerprint density at radius 3 is 2.50 bits per heavy atom. The molecule has 0 radical (unpaired) electrons. The topological polar surface area (TPSA) is 99.8 Å². The number of halogens is 1. The number of nitriles is 1. The Balaban J connectivity index is 1.89. The molecule has 0 saturated carbocycles. The number of benzene rings is 2. The van der Waals surface area contributed by atoms with Gasteiger partial charge in [-0.05, 0) is 29.2 Å². The fourth-order valence-electron chi connectivity index (χ4n) is 3.40. The first-order chi connectivity index (χ1) is 15.2. The van der Waals surface area contributed by atoms with Crippen molar-refractivity contribution >= 4 is 22.7 Å². The van der Waals surface area contributed by atoms with Crippen LogP contribution in [0.1, 0.15) is 43.2 Å². The number of carbonyl (C=O) groups is 2. The average molecular weight is 436 g/mol. The van der Waals surface area contributed by atoms with Gasteiger partial charge in [0.1, 0.15) is 11.9 Å². The van der Waals surface area contributed by atoms with Gasteiger partial charge in [0.05, 0.1) is 24.6 Å². The molecule has 1 atom stereocenters. The van der Waals surface area contributed by atoms with Gasteiger partial charge in [0.25, 0.3) is 5.91 Å². The summed E-state index contributed by atoms with van der Waals surface area (Å²) in [5.41, 5.74) is 1.25. The number of fused-ring (bicyclic) bond motifs is 1. The van der Waals surface area contributed by atoms with E-state index in [0.717, 1.165) is 11.1 Å². The fourth-order valence-corrected chi connectivity index (χ4v) is 3.40. The van der Waals surface area contributed by atoms with Crippen molar-refractivity contribution in [1.29, 1.82) is 5.26 Å². The van der Waals surface area contributed by atoms with Crippen LogP contribution in [0, 0.1) is 22.6 Å². The number of nitrogens with one attached hydrogen (secondary N) is 2. The maximum atomic E-state index is 13.2. The number of aromatic nitrogens is 2. The predicted molar refractivity (Wildman–Crippen MR) is 119 cm³/mol. The number of hydrogen-bond acceptors (Lipinski definition) is 4. The van der Waals surface area contributed by atoms with E-state index in [4.69, 9.17) is 5.26 Å². The molecule has 0 spiro atoms. The summed E-state index contributed by atoms with van der Waals surface area (Å²) in [7, 11) is 0. The molecule has 3 rings (SSSR count). The molecule has 0 unspecified atom stereocenters. The first-order valence-corrected chi connectivity index (χ1v) is 10.4. The maximum absolute atomic E-state index is 13.2. The highest BCUT2D eigenvalue weighted by atomic mass is 19.1. The summed E-state index contributed by atoms with van der Waals surface area (Å²) in [6.45, 7) is 6.14. The molecule has 2 aromatic carbocycles. The van der Waals surface area contributed by atoms with Gasteiger partial charge in [-0.15, -0.1) is 0 Å². The Hall–Kier alpha value is -3.73. The summed E-state index contributed by atoms with van der Waals surface area (Å²) in [6.07, 6.45) is 0.189. The first-order valence-electron chi connectivity index (χ1n) is 10.4.